The first-order valence-electron chi connectivity index (χ1n) is 14.8. The van der Waals surface area contributed by atoms with Crippen molar-refractivity contribution in [3.63, 3.8) is 0 Å². The Labute approximate surface area is 230 Å². The Hall–Kier alpha value is -1.86. The van der Waals surface area contributed by atoms with Gasteiger partial charge in [-0.1, -0.05) is 90.5 Å². The molecule has 0 heterocycles. The molecule has 6 nitrogen and oxygen atoms in total. The molecule has 4 unspecified atom stereocenters. The minimum atomic E-state index is -0.696. The molecule has 38 heavy (non-hydrogen) atoms. The van der Waals surface area contributed by atoms with Crippen LogP contribution in [0.4, 0.5) is 0 Å². The van der Waals surface area contributed by atoms with Crippen molar-refractivity contribution in [2.75, 3.05) is 39.6 Å². The minimum Gasteiger partial charge on any atom is -0.490 e. The smallest absolute Gasteiger partial charge is 0.127 e. The van der Waals surface area contributed by atoms with Gasteiger partial charge in [-0.15, -0.1) is 0 Å². The first-order valence-corrected chi connectivity index (χ1v) is 14.8. The molecule has 0 bridgehead atoms. The zero-order valence-corrected chi connectivity index (χ0v) is 24.2. The van der Waals surface area contributed by atoms with Crippen LogP contribution < -0.4 is 9.47 Å². The van der Waals surface area contributed by atoms with Gasteiger partial charge in [0.05, 0.1) is 13.2 Å². The summed E-state index contributed by atoms with van der Waals surface area (Å²) in [6.45, 7) is 11.0. The molecule has 2 aromatic carbocycles. The molecule has 0 saturated heterocycles. The van der Waals surface area contributed by atoms with Crippen LogP contribution >= 0.6 is 0 Å². The topological polar surface area (TPSA) is 77.4 Å². The summed E-state index contributed by atoms with van der Waals surface area (Å²) in [6, 6.07) is 11.6. The Balaban J connectivity index is 1.83. The molecule has 0 aliphatic heterocycles. The van der Waals surface area contributed by atoms with E-state index in [1.807, 2.05) is 36.4 Å². The lowest BCUT2D eigenvalue weighted by Gasteiger charge is -2.19. The van der Waals surface area contributed by atoms with Crippen LogP contribution in [0.5, 0.6) is 11.5 Å². The second-order valence-electron chi connectivity index (χ2n) is 10.4. The van der Waals surface area contributed by atoms with Crippen LogP contribution in [0.25, 0.3) is 10.8 Å². The zero-order valence-electron chi connectivity index (χ0n) is 24.2. The molecule has 0 radical (unpaired) electrons. The summed E-state index contributed by atoms with van der Waals surface area (Å²) < 4.78 is 23.5. The summed E-state index contributed by atoms with van der Waals surface area (Å²) in [5.41, 5.74) is 0. The molecule has 0 spiro atoms. The maximum Gasteiger partial charge on any atom is 0.127 e. The van der Waals surface area contributed by atoms with Gasteiger partial charge in [-0.3, -0.25) is 0 Å². The van der Waals surface area contributed by atoms with E-state index < -0.39 is 12.2 Å². The van der Waals surface area contributed by atoms with Gasteiger partial charge in [-0.25, -0.2) is 0 Å². The van der Waals surface area contributed by atoms with Crippen molar-refractivity contribution in [2.45, 2.75) is 91.3 Å². The molecule has 0 fully saturated rings. The highest BCUT2D eigenvalue weighted by molar-refractivity contribution is 5.93. The molecule has 6 heteroatoms. The Morgan fingerprint density at radius 1 is 0.579 bits per heavy atom. The predicted molar refractivity (Wildman–Crippen MR) is 155 cm³/mol. The van der Waals surface area contributed by atoms with Crippen molar-refractivity contribution in [1.29, 1.82) is 0 Å². The van der Waals surface area contributed by atoms with Crippen molar-refractivity contribution in [2.24, 2.45) is 11.8 Å². The molecule has 4 atom stereocenters. The average Bonchev–Trinajstić information content (AvgIpc) is 2.94. The predicted octanol–water partition coefficient (Wildman–Crippen LogP) is 6.79. The number of aliphatic hydroxyl groups excluding tert-OH is 2. The molecule has 0 aliphatic rings. The average molecular weight is 533 g/mol. The fourth-order valence-electron chi connectivity index (χ4n) is 4.50. The molecular weight excluding hydrogens is 480 g/mol. The second-order valence-corrected chi connectivity index (χ2v) is 10.4. The van der Waals surface area contributed by atoms with Crippen LogP contribution in [0.2, 0.25) is 0 Å². The van der Waals surface area contributed by atoms with Gasteiger partial charge in [0.15, 0.2) is 0 Å². The number of aliphatic hydroxyl groups is 2. The van der Waals surface area contributed by atoms with E-state index in [1.54, 1.807) is 0 Å². The highest BCUT2D eigenvalue weighted by Crippen LogP contribution is 2.33. The summed E-state index contributed by atoms with van der Waals surface area (Å²) >= 11 is 0. The zero-order chi connectivity index (χ0) is 27.6. The Bertz CT molecular complexity index is 802. The van der Waals surface area contributed by atoms with Crippen LogP contribution in [-0.4, -0.2) is 62.1 Å². The van der Waals surface area contributed by atoms with Crippen LogP contribution in [0, 0.1) is 11.8 Å². The third-order valence-corrected chi connectivity index (χ3v) is 7.12. The summed E-state index contributed by atoms with van der Waals surface area (Å²) in [5, 5.41) is 22.6. The largest absolute Gasteiger partial charge is 0.490 e. The van der Waals surface area contributed by atoms with Gasteiger partial charge in [0.25, 0.3) is 0 Å². The van der Waals surface area contributed by atoms with E-state index in [4.69, 9.17) is 18.9 Å². The highest BCUT2D eigenvalue weighted by atomic mass is 16.5. The van der Waals surface area contributed by atoms with E-state index in [2.05, 4.69) is 27.7 Å². The number of hydrogen-bond donors (Lipinski definition) is 2. The quantitative estimate of drug-likeness (QED) is 0.174. The molecule has 2 rings (SSSR count). The van der Waals surface area contributed by atoms with Gasteiger partial charge in [-0.2, -0.15) is 0 Å². The molecule has 0 aromatic heterocycles. The number of fused-ring (bicyclic) bond motifs is 1. The second kappa shape index (κ2) is 19.2. The molecule has 0 saturated carbocycles. The molecular formula is C32H52O6. The van der Waals surface area contributed by atoms with Crippen LogP contribution in [0.15, 0.2) is 36.4 Å². The lowest BCUT2D eigenvalue weighted by atomic mass is 10.0. The van der Waals surface area contributed by atoms with Crippen LogP contribution in [0.3, 0.4) is 0 Å². The van der Waals surface area contributed by atoms with Gasteiger partial charge < -0.3 is 29.2 Å². The lowest BCUT2D eigenvalue weighted by molar-refractivity contribution is -0.00130. The summed E-state index contributed by atoms with van der Waals surface area (Å²) in [4.78, 5) is 0. The first kappa shape index (κ1) is 32.4. The number of rotatable bonds is 22. The van der Waals surface area contributed by atoms with Crippen molar-refractivity contribution < 1.29 is 29.2 Å². The maximum absolute atomic E-state index is 10.4. The van der Waals surface area contributed by atoms with E-state index in [1.165, 1.54) is 38.5 Å². The Morgan fingerprint density at radius 3 is 1.37 bits per heavy atom. The monoisotopic (exact) mass is 532 g/mol. The summed E-state index contributed by atoms with van der Waals surface area (Å²) in [7, 11) is 0. The van der Waals surface area contributed by atoms with E-state index in [-0.39, 0.29) is 26.4 Å². The van der Waals surface area contributed by atoms with E-state index in [0.29, 0.717) is 36.5 Å². The van der Waals surface area contributed by atoms with Gasteiger partial charge in [0.2, 0.25) is 0 Å². The van der Waals surface area contributed by atoms with Gasteiger partial charge in [0.1, 0.15) is 36.9 Å². The first-order chi connectivity index (χ1) is 18.5. The maximum atomic E-state index is 10.4. The van der Waals surface area contributed by atoms with Crippen molar-refractivity contribution in [1.82, 2.24) is 0 Å². The van der Waals surface area contributed by atoms with Crippen LogP contribution in [0.1, 0.15) is 79.1 Å². The number of ether oxygens (including phenoxy) is 4. The van der Waals surface area contributed by atoms with Gasteiger partial charge in [-0.05, 0) is 36.8 Å². The number of benzene rings is 2. The lowest BCUT2D eigenvalue weighted by Crippen LogP contribution is -2.25. The molecule has 0 aliphatic carbocycles. The molecule has 216 valence electrons. The number of hydrogen-bond acceptors (Lipinski definition) is 6. The molecule has 2 aromatic rings. The molecule has 2 N–H and O–H groups in total. The Kier molecular flexibility index (Phi) is 16.4. The summed E-state index contributed by atoms with van der Waals surface area (Å²) in [6.07, 6.45) is 7.94. The van der Waals surface area contributed by atoms with Crippen molar-refractivity contribution in [3.8, 4) is 11.5 Å². The normalized spacial score (nSPS) is 14.8. The minimum absolute atomic E-state index is 0.156. The van der Waals surface area contributed by atoms with E-state index in [0.717, 1.165) is 23.6 Å². The van der Waals surface area contributed by atoms with E-state index >= 15 is 0 Å². The SMILES string of the molecule is CCCCC(CC)COCC(O)COc1ccc(OCC(O)COCC(CC)CCCC)c2ccccc12. The number of unbranched alkanes of at least 4 members (excludes halogenated alkanes) is 2. The van der Waals surface area contributed by atoms with Crippen LogP contribution in [-0.2, 0) is 9.47 Å². The Morgan fingerprint density at radius 2 is 1.00 bits per heavy atom. The standard InChI is InChI=1S/C32H52O6/c1-5-9-13-25(7-3)19-35-21-27(33)23-37-31-17-18-32(30-16-12-11-15-29(30)31)38-24-28(34)22-36-20-26(8-4)14-10-6-2/h11-12,15-18,25-28,33-34H,5-10,13-14,19-24H2,1-4H3. The van der Waals surface area contributed by atoms with Crippen molar-refractivity contribution in [3.05, 3.63) is 36.4 Å². The van der Waals surface area contributed by atoms with E-state index in [9.17, 15) is 10.2 Å². The third kappa shape index (κ3) is 11.9. The van der Waals surface area contributed by atoms with Crippen molar-refractivity contribution >= 4 is 10.8 Å². The third-order valence-electron chi connectivity index (χ3n) is 7.12. The molecule has 0 amide bonds. The highest BCUT2D eigenvalue weighted by Gasteiger charge is 2.14. The van der Waals surface area contributed by atoms with Gasteiger partial charge >= 0.3 is 0 Å². The van der Waals surface area contributed by atoms with Gasteiger partial charge in [0, 0.05) is 24.0 Å². The fourth-order valence-corrected chi connectivity index (χ4v) is 4.50. The fraction of sp³-hybridized carbons (Fsp3) is 0.688. The summed E-state index contributed by atoms with van der Waals surface area (Å²) in [5.74, 6) is 2.46.